The summed E-state index contributed by atoms with van der Waals surface area (Å²) in [5.41, 5.74) is -0.670. The molecule has 0 aromatic carbocycles. The highest BCUT2D eigenvalue weighted by atomic mass is 16.6. The third-order valence-corrected chi connectivity index (χ3v) is 3.29. The predicted molar refractivity (Wildman–Crippen MR) is 70.4 cm³/mol. The monoisotopic (exact) mass is 255 g/mol. The zero-order valence-electron chi connectivity index (χ0n) is 12.2. The van der Waals surface area contributed by atoms with Crippen molar-refractivity contribution in [2.75, 3.05) is 13.1 Å². The largest absolute Gasteiger partial charge is 0.444 e. The van der Waals surface area contributed by atoms with Gasteiger partial charge in [-0.3, -0.25) is 4.79 Å². The summed E-state index contributed by atoms with van der Waals surface area (Å²) in [7, 11) is 0. The second-order valence-corrected chi connectivity index (χ2v) is 5.89. The van der Waals surface area contributed by atoms with E-state index in [-0.39, 0.29) is 11.5 Å². The number of carbonyl (C=O) groups is 2. The molecule has 0 aromatic rings. The van der Waals surface area contributed by atoms with Gasteiger partial charge in [-0.25, -0.2) is 4.79 Å². The maximum absolute atomic E-state index is 11.7. The molecule has 1 aliphatic carbocycles. The first-order valence-corrected chi connectivity index (χ1v) is 6.84. The molecular formula is C14H25NO3. The van der Waals surface area contributed by atoms with E-state index >= 15 is 0 Å². The Hall–Kier alpha value is -1.06. The highest BCUT2D eigenvalue weighted by Gasteiger charge is 2.53. The van der Waals surface area contributed by atoms with Crippen molar-refractivity contribution < 1.29 is 14.3 Å². The fourth-order valence-electron chi connectivity index (χ4n) is 2.47. The van der Waals surface area contributed by atoms with Gasteiger partial charge in [0.25, 0.3) is 0 Å². The molecule has 1 saturated heterocycles. The van der Waals surface area contributed by atoms with Crippen LogP contribution in [0.25, 0.3) is 0 Å². The molecule has 4 heteroatoms. The van der Waals surface area contributed by atoms with Crippen molar-refractivity contribution >= 4 is 11.9 Å². The van der Waals surface area contributed by atoms with E-state index in [1.165, 1.54) is 0 Å². The molecule has 104 valence electrons. The summed E-state index contributed by atoms with van der Waals surface area (Å²) in [6.07, 6.45) is 2.30. The van der Waals surface area contributed by atoms with Crippen molar-refractivity contribution in [3.05, 3.63) is 0 Å². The highest BCUT2D eigenvalue weighted by molar-refractivity contribution is 5.90. The van der Waals surface area contributed by atoms with E-state index in [9.17, 15) is 9.59 Å². The fourth-order valence-corrected chi connectivity index (χ4v) is 2.47. The molecule has 1 aliphatic heterocycles. The molecule has 1 spiro atoms. The lowest BCUT2D eigenvalue weighted by molar-refractivity contribution is -0.134. The molecule has 1 saturated carbocycles. The average Bonchev–Trinajstić information content (AvgIpc) is 2.58. The Bertz CT molecular complexity index is 324. The number of nitrogens with zero attached hydrogens (tertiary/aromatic N) is 1. The van der Waals surface area contributed by atoms with E-state index in [4.69, 9.17) is 4.74 Å². The minimum absolute atomic E-state index is 0.211. The van der Waals surface area contributed by atoms with E-state index < -0.39 is 5.60 Å². The lowest BCUT2D eigenvalue weighted by Gasteiger charge is -2.46. The molecule has 2 rings (SSSR count). The van der Waals surface area contributed by atoms with Crippen molar-refractivity contribution in [3.63, 3.8) is 0 Å². The van der Waals surface area contributed by atoms with Crippen LogP contribution in [0.4, 0.5) is 4.79 Å². The second kappa shape index (κ2) is 5.29. The van der Waals surface area contributed by atoms with Crippen LogP contribution in [-0.2, 0) is 9.53 Å². The van der Waals surface area contributed by atoms with Crippen LogP contribution in [0.2, 0.25) is 0 Å². The van der Waals surface area contributed by atoms with Crippen LogP contribution in [0.15, 0.2) is 0 Å². The van der Waals surface area contributed by atoms with Gasteiger partial charge in [0.2, 0.25) is 0 Å². The van der Waals surface area contributed by atoms with Gasteiger partial charge in [-0.15, -0.1) is 0 Å². The summed E-state index contributed by atoms with van der Waals surface area (Å²) in [6.45, 7) is 10.7. The number of amides is 1. The van der Waals surface area contributed by atoms with Crippen molar-refractivity contribution in [1.82, 2.24) is 4.90 Å². The first-order chi connectivity index (χ1) is 8.32. The van der Waals surface area contributed by atoms with E-state index in [0.717, 1.165) is 12.8 Å². The molecule has 0 radical (unpaired) electrons. The topological polar surface area (TPSA) is 46.6 Å². The van der Waals surface area contributed by atoms with Gasteiger partial charge in [0.1, 0.15) is 11.4 Å². The lowest BCUT2D eigenvalue weighted by Crippen LogP contribution is -2.61. The second-order valence-electron chi connectivity index (χ2n) is 5.89. The summed E-state index contributed by atoms with van der Waals surface area (Å²) in [6, 6.07) is 0. The molecule has 18 heavy (non-hydrogen) atoms. The fraction of sp³-hybridized carbons (Fsp3) is 0.857. The van der Waals surface area contributed by atoms with Crippen LogP contribution in [0.1, 0.15) is 53.9 Å². The summed E-state index contributed by atoms with van der Waals surface area (Å²) in [5.74, 6) is 0.326. The summed E-state index contributed by atoms with van der Waals surface area (Å²) < 4.78 is 5.26. The molecule has 0 aromatic heterocycles. The molecule has 0 bridgehead atoms. The Balaban J connectivity index is 0.000000771. The Kier molecular flexibility index (Phi) is 4.41. The van der Waals surface area contributed by atoms with Crippen molar-refractivity contribution in [2.24, 2.45) is 5.41 Å². The van der Waals surface area contributed by atoms with Gasteiger partial charge in [-0.2, -0.15) is 0 Å². The van der Waals surface area contributed by atoms with Gasteiger partial charge in [0, 0.05) is 19.5 Å². The zero-order valence-corrected chi connectivity index (χ0v) is 12.2. The number of Topliss-reactive ketones (excluding diaryl/α,β-unsaturated/α-hetero) is 1. The highest BCUT2D eigenvalue weighted by Crippen LogP contribution is 2.43. The third kappa shape index (κ3) is 3.03. The van der Waals surface area contributed by atoms with Crippen LogP contribution in [-0.4, -0.2) is 35.5 Å². The standard InChI is InChI=1S/C12H19NO3.C2H6/c1-11(2,3)16-10(15)13-7-12(8-13)6-4-5-9(12)14;1-2/h4-8H2,1-3H3;1-2H3. The van der Waals surface area contributed by atoms with Gasteiger partial charge < -0.3 is 9.64 Å². The van der Waals surface area contributed by atoms with E-state index in [1.807, 2.05) is 34.6 Å². The maximum atomic E-state index is 11.7. The summed E-state index contributed by atoms with van der Waals surface area (Å²) in [4.78, 5) is 25.0. The third-order valence-electron chi connectivity index (χ3n) is 3.29. The number of ketones is 1. The number of hydrogen-bond donors (Lipinski definition) is 0. The smallest absolute Gasteiger partial charge is 0.410 e. The van der Waals surface area contributed by atoms with Gasteiger partial charge in [0.15, 0.2) is 0 Å². The molecule has 0 unspecified atom stereocenters. The Morgan fingerprint density at radius 1 is 1.28 bits per heavy atom. The van der Waals surface area contributed by atoms with Crippen molar-refractivity contribution in [2.45, 2.75) is 59.5 Å². The SMILES string of the molecule is CC.CC(C)(C)OC(=O)N1CC2(CCCC2=O)C1. The van der Waals surface area contributed by atoms with E-state index in [1.54, 1.807) is 4.90 Å². The molecule has 4 nitrogen and oxygen atoms in total. The van der Waals surface area contributed by atoms with Crippen molar-refractivity contribution in [3.8, 4) is 0 Å². The Labute approximate surface area is 110 Å². The normalized spacial score (nSPS) is 21.2. The number of likely N-dealkylation sites (tertiary alicyclic amines) is 1. The van der Waals surface area contributed by atoms with Crippen LogP contribution in [0.5, 0.6) is 0 Å². The zero-order chi connectivity index (χ0) is 14.0. The summed E-state index contributed by atoms with van der Waals surface area (Å²) in [5, 5.41) is 0. The van der Waals surface area contributed by atoms with Crippen LogP contribution < -0.4 is 0 Å². The number of hydrogen-bond acceptors (Lipinski definition) is 3. The molecule has 0 N–H and O–H groups in total. The minimum atomic E-state index is -0.459. The summed E-state index contributed by atoms with van der Waals surface area (Å²) >= 11 is 0. The number of rotatable bonds is 0. The van der Waals surface area contributed by atoms with Crippen LogP contribution in [0, 0.1) is 5.41 Å². The van der Waals surface area contributed by atoms with Crippen LogP contribution >= 0.6 is 0 Å². The molecule has 2 aliphatic rings. The first-order valence-electron chi connectivity index (χ1n) is 6.84. The molecule has 0 atom stereocenters. The minimum Gasteiger partial charge on any atom is -0.444 e. The van der Waals surface area contributed by atoms with E-state index in [0.29, 0.717) is 25.3 Å². The maximum Gasteiger partial charge on any atom is 0.410 e. The van der Waals surface area contributed by atoms with E-state index in [2.05, 4.69) is 0 Å². The lowest BCUT2D eigenvalue weighted by atomic mass is 9.78. The van der Waals surface area contributed by atoms with Gasteiger partial charge in [-0.1, -0.05) is 13.8 Å². The number of ether oxygens (including phenoxy) is 1. The molecule has 1 heterocycles. The van der Waals surface area contributed by atoms with Gasteiger partial charge in [0.05, 0.1) is 5.41 Å². The molecule has 2 fully saturated rings. The van der Waals surface area contributed by atoms with Gasteiger partial charge >= 0.3 is 6.09 Å². The molecular weight excluding hydrogens is 230 g/mol. The first kappa shape index (κ1) is 15.0. The number of carbonyl (C=O) groups excluding carboxylic acids is 2. The average molecular weight is 255 g/mol. The molecule has 1 amide bonds. The van der Waals surface area contributed by atoms with Gasteiger partial charge in [-0.05, 0) is 33.6 Å². The quantitative estimate of drug-likeness (QED) is 0.668. The van der Waals surface area contributed by atoms with Crippen LogP contribution in [0.3, 0.4) is 0 Å². The Morgan fingerprint density at radius 3 is 2.22 bits per heavy atom. The van der Waals surface area contributed by atoms with Crippen molar-refractivity contribution in [1.29, 1.82) is 0 Å². The Morgan fingerprint density at radius 2 is 1.83 bits per heavy atom. The predicted octanol–water partition coefficient (Wildman–Crippen LogP) is 3.00.